The highest BCUT2D eigenvalue weighted by Gasteiger charge is 2.25. The quantitative estimate of drug-likeness (QED) is 0.649. The summed E-state index contributed by atoms with van der Waals surface area (Å²) in [5, 5.41) is 0.865. The molecule has 3 heteroatoms. The maximum Gasteiger partial charge on any atom is 0.0441 e. The van der Waals surface area contributed by atoms with Crippen LogP contribution in [0.15, 0.2) is 18.2 Å². The zero-order valence-electron chi connectivity index (χ0n) is 12.0. The topological polar surface area (TPSA) is 38.0 Å². The Morgan fingerprint density at radius 3 is 2.58 bits per heavy atom. The van der Waals surface area contributed by atoms with Gasteiger partial charge in [0.1, 0.15) is 0 Å². The molecule has 1 fully saturated rings. The van der Waals surface area contributed by atoms with Crippen molar-refractivity contribution < 1.29 is 0 Å². The Balaban J connectivity index is 2.02. The van der Waals surface area contributed by atoms with Gasteiger partial charge in [-0.1, -0.05) is 43.5 Å². The predicted octanol–water partition coefficient (Wildman–Crippen LogP) is 3.85. The van der Waals surface area contributed by atoms with Crippen LogP contribution in [0, 0.1) is 18.8 Å². The minimum absolute atomic E-state index is 0.340. The highest BCUT2D eigenvalue weighted by molar-refractivity contribution is 6.31. The summed E-state index contributed by atoms with van der Waals surface area (Å²) in [5.74, 6) is 7.33. The lowest BCUT2D eigenvalue weighted by Gasteiger charge is -2.32. The molecule has 1 aromatic carbocycles. The largest absolute Gasteiger partial charge is 0.271 e. The van der Waals surface area contributed by atoms with E-state index in [9.17, 15) is 0 Å². The SMILES string of the molecule is Cc1ccc(CC(NN)C2CCC(C)CC2)c(Cl)c1. The number of hydrogen-bond donors (Lipinski definition) is 2. The summed E-state index contributed by atoms with van der Waals surface area (Å²) in [4.78, 5) is 0. The smallest absolute Gasteiger partial charge is 0.0441 e. The lowest BCUT2D eigenvalue weighted by Crippen LogP contribution is -2.43. The van der Waals surface area contributed by atoms with E-state index < -0.39 is 0 Å². The van der Waals surface area contributed by atoms with Crippen LogP contribution in [0.4, 0.5) is 0 Å². The summed E-state index contributed by atoms with van der Waals surface area (Å²) in [7, 11) is 0. The van der Waals surface area contributed by atoms with Gasteiger partial charge in [-0.2, -0.15) is 0 Å². The molecule has 106 valence electrons. The lowest BCUT2D eigenvalue weighted by molar-refractivity contribution is 0.229. The van der Waals surface area contributed by atoms with Gasteiger partial charge in [0.25, 0.3) is 0 Å². The fourth-order valence-corrected chi connectivity index (χ4v) is 3.42. The minimum atomic E-state index is 0.340. The van der Waals surface area contributed by atoms with Gasteiger partial charge in [0.2, 0.25) is 0 Å². The molecule has 1 atom stereocenters. The van der Waals surface area contributed by atoms with Crippen molar-refractivity contribution in [3.05, 3.63) is 34.3 Å². The number of benzene rings is 1. The van der Waals surface area contributed by atoms with E-state index in [4.69, 9.17) is 17.4 Å². The van der Waals surface area contributed by atoms with Gasteiger partial charge in [0.15, 0.2) is 0 Å². The molecule has 19 heavy (non-hydrogen) atoms. The fraction of sp³-hybridized carbons (Fsp3) is 0.625. The fourth-order valence-electron chi connectivity index (χ4n) is 3.10. The molecule has 0 aliphatic heterocycles. The monoisotopic (exact) mass is 280 g/mol. The van der Waals surface area contributed by atoms with E-state index in [0.717, 1.165) is 17.4 Å². The van der Waals surface area contributed by atoms with Crippen molar-refractivity contribution in [3.8, 4) is 0 Å². The Labute approximate surface area is 121 Å². The normalized spacial score (nSPS) is 25.3. The van der Waals surface area contributed by atoms with Crippen LogP contribution in [-0.4, -0.2) is 6.04 Å². The van der Waals surface area contributed by atoms with Gasteiger partial charge < -0.3 is 0 Å². The summed E-state index contributed by atoms with van der Waals surface area (Å²) in [6.07, 6.45) is 6.13. The second kappa shape index (κ2) is 6.74. The van der Waals surface area contributed by atoms with Crippen molar-refractivity contribution in [2.75, 3.05) is 0 Å². The zero-order valence-corrected chi connectivity index (χ0v) is 12.7. The van der Waals surface area contributed by atoms with Crippen LogP contribution >= 0.6 is 11.6 Å². The van der Waals surface area contributed by atoms with Crippen molar-refractivity contribution in [2.24, 2.45) is 17.7 Å². The Morgan fingerprint density at radius 1 is 1.32 bits per heavy atom. The number of hydrogen-bond acceptors (Lipinski definition) is 2. The third kappa shape index (κ3) is 3.95. The first-order valence-corrected chi connectivity index (χ1v) is 7.69. The third-order valence-electron chi connectivity index (χ3n) is 4.49. The van der Waals surface area contributed by atoms with Gasteiger partial charge >= 0.3 is 0 Å². The Hall–Kier alpha value is -0.570. The number of aryl methyl sites for hydroxylation is 1. The highest BCUT2D eigenvalue weighted by Crippen LogP contribution is 2.32. The Kier molecular flexibility index (Phi) is 5.26. The number of rotatable bonds is 4. The van der Waals surface area contributed by atoms with Gasteiger partial charge in [-0.25, -0.2) is 0 Å². The van der Waals surface area contributed by atoms with Crippen LogP contribution < -0.4 is 11.3 Å². The first-order chi connectivity index (χ1) is 9.10. The average Bonchev–Trinajstić information content (AvgIpc) is 2.39. The third-order valence-corrected chi connectivity index (χ3v) is 4.84. The summed E-state index contributed by atoms with van der Waals surface area (Å²) in [6, 6.07) is 6.63. The molecule has 3 N–H and O–H groups in total. The van der Waals surface area contributed by atoms with Crippen molar-refractivity contribution in [1.29, 1.82) is 0 Å². The number of halogens is 1. The molecule has 1 aromatic rings. The lowest BCUT2D eigenvalue weighted by atomic mass is 9.78. The predicted molar refractivity (Wildman–Crippen MR) is 82.1 cm³/mol. The molecule has 0 radical (unpaired) electrons. The molecule has 1 saturated carbocycles. The van der Waals surface area contributed by atoms with Crippen LogP contribution in [-0.2, 0) is 6.42 Å². The second-order valence-corrected chi connectivity index (χ2v) is 6.50. The number of hydrazine groups is 1. The van der Waals surface area contributed by atoms with Crippen molar-refractivity contribution >= 4 is 11.6 Å². The molecule has 0 saturated heterocycles. The summed E-state index contributed by atoms with van der Waals surface area (Å²) in [6.45, 7) is 4.41. The molecule has 2 rings (SSSR count). The molecule has 0 bridgehead atoms. The molecular formula is C16H25ClN2. The minimum Gasteiger partial charge on any atom is -0.271 e. The van der Waals surface area contributed by atoms with Gasteiger partial charge in [0.05, 0.1) is 0 Å². The van der Waals surface area contributed by atoms with E-state index in [2.05, 4.69) is 31.4 Å². The zero-order chi connectivity index (χ0) is 13.8. The average molecular weight is 281 g/mol. The van der Waals surface area contributed by atoms with Crippen LogP contribution in [0.1, 0.15) is 43.7 Å². The summed E-state index contributed by atoms with van der Waals surface area (Å²) < 4.78 is 0. The standard InChI is InChI=1S/C16H25ClN2/c1-11-3-6-13(7-4-11)16(19-18)10-14-8-5-12(2)9-15(14)17/h5,8-9,11,13,16,19H,3-4,6-7,10,18H2,1-2H3. The second-order valence-electron chi connectivity index (χ2n) is 6.09. The van der Waals surface area contributed by atoms with Crippen molar-refractivity contribution in [2.45, 2.75) is 52.0 Å². The van der Waals surface area contributed by atoms with Crippen LogP contribution in [0.2, 0.25) is 5.02 Å². The van der Waals surface area contributed by atoms with Crippen LogP contribution in [0.5, 0.6) is 0 Å². The molecular weight excluding hydrogens is 256 g/mol. The van der Waals surface area contributed by atoms with Gasteiger partial charge in [0, 0.05) is 11.1 Å². The maximum absolute atomic E-state index is 6.32. The van der Waals surface area contributed by atoms with E-state index in [-0.39, 0.29) is 0 Å². The molecule has 0 aromatic heterocycles. The maximum atomic E-state index is 6.32. The molecule has 0 heterocycles. The van der Waals surface area contributed by atoms with E-state index in [1.54, 1.807) is 0 Å². The van der Waals surface area contributed by atoms with E-state index in [0.29, 0.717) is 12.0 Å². The number of nitrogens with one attached hydrogen (secondary N) is 1. The Bertz CT molecular complexity index is 411. The highest BCUT2D eigenvalue weighted by atomic mass is 35.5. The molecule has 0 amide bonds. The van der Waals surface area contributed by atoms with Gasteiger partial charge in [-0.05, 0) is 55.2 Å². The van der Waals surface area contributed by atoms with Crippen LogP contribution in [0.25, 0.3) is 0 Å². The molecule has 1 unspecified atom stereocenters. The molecule has 2 nitrogen and oxygen atoms in total. The molecule has 0 spiro atoms. The molecule has 1 aliphatic carbocycles. The van der Waals surface area contributed by atoms with E-state index >= 15 is 0 Å². The summed E-state index contributed by atoms with van der Waals surface area (Å²) in [5.41, 5.74) is 5.43. The van der Waals surface area contributed by atoms with Gasteiger partial charge in [-0.15, -0.1) is 0 Å². The van der Waals surface area contributed by atoms with Crippen LogP contribution in [0.3, 0.4) is 0 Å². The van der Waals surface area contributed by atoms with Crippen molar-refractivity contribution in [3.63, 3.8) is 0 Å². The first kappa shape index (κ1) is 14.8. The van der Waals surface area contributed by atoms with Crippen molar-refractivity contribution in [1.82, 2.24) is 5.43 Å². The molecule has 1 aliphatic rings. The first-order valence-electron chi connectivity index (χ1n) is 7.31. The number of nitrogens with two attached hydrogens (primary N) is 1. The summed E-state index contributed by atoms with van der Waals surface area (Å²) >= 11 is 6.32. The van der Waals surface area contributed by atoms with Gasteiger partial charge in [-0.3, -0.25) is 11.3 Å². The van der Waals surface area contributed by atoms with E-state index in [1.165, 1.54) is 36.8 Å². The Morgan fingerprint density at radius 2 is 2.00 bits per heavy atom. The van der Waals surface area contributed by atoms with E-state index in [1.807, 2.05) is 6.07 Å².